The summed E-state index contributed by atoms with van der Waals surface area (Å²) in [6.45, 7) is 3.65. The molecular weight excluding hydrogens is 504 g/mol. The molecule has 0 saturated carbocycles. The van der Waals surface area contributed by atoms with Crippen molar-refractivity contribution < 1.29 is 19.8 Å². The van der Waals surface area contributed by atoms with Gasteiger partial charge in [0.2, 0.25) is 6.29 Å². The topological polar surface area (TPSA) is 99.7 Å². The number of hydrogen-bond acceptors (Lipinski definition) is 5. The number of allylic oxidation sites excluding steroid dienone is 1. The molecule has 0 bridgehead atoms. The van der Waals surface area contributed by atoms with Crippen LogP contribution >= 0.6 is 46.4 Å². The summed E-state index contributed by atoms with van der Waals surface area (Å²) in [5.41, 5.74) is 1.45. The van der Waals surface area contributed by atoms with Gasteiger partial charge in [-0.15, -0.1) is 10.1 Å². The lowest BCUT2D eigenvalue weighted by Gasteiger charge is -2.22. The van der Waals surface area contributed by atoms with Gasteiger partial charge in [0.15, 0.2) is 5.76 Å². The lowest BCUT2D eigenvalue weighted by atomic mass is 10.1. The van der Waals surface area contributed by atoms with Crippen molar-refractivity contribution in [2.75, 3.05) is 0 Å². The Hall–Kier alpha value is -2.65. The molecule has 1 N–H and O–H groups in total. The fraction of sp³-hybridized carbons (Fsp3) is 0.150. The number of rotatable bonds is 6. The summed E-state index contributed by atoms with van der Waals surface area (Å²) in [5.74, 6) is 0.984. The molecule has 1 unspecified atom stereocenters. The highest BCUT2D eigenvalue weighted by molar-refractivity contribution is 6.36. The van der Waals surface area contributed by atoms with Gasteiger partial charge in [0, 0.05) is 34.9 Å². The minimum atomic E-state index is -1.50. The van der Waals surface area contributed by atoms with Crippen LogP contribution in [0.5, 0.6) is 5.75 Å². The van der Waals surface area contributed by atoms with Gasteiger partial charge in [0.1, 0.15) is 5.75 Å². The van der Waals surface area contributed by atoms with Gasteiger partial charge >= 0.3 is 0 Å². The second kappa shape index (κ2) is 11.8. The van der Waals surface area contributed by atoms with Gasteiger partial charge in [-0.1, -0.05) is 46.4 Å². The second-order valence-corrected chi connectivity index (χ2v) is 7.81. The minimum absolute atomic E-state index is 0.393. The predicted molar refractivity (Wildman–Crippen MR) is 124 cm³/mol. The molecule has 3 rings (SSSR count). The lowest BCUT2D eigenvalue weighted by Crippen LogP contribution is -2.17. The summed E-state index contributed by atoms with van der Waals surface area (Å²) >= 11 is 24.6. The third kappa shape index (κ3) is 7.49. The molecule has 0 aliphatic carbocycles. The number of imidazole rings is 1. The van der Waals surface area contributed by atoms with Gasteiger partial charge < -0.3 is 19.2 Å². The van der Waals surface area contributed by atoms with Crippen LogP contribution in [-0.2, 0) is 4.74 Å². The highest BCUT2D eigenvalue weighted by Crippen LogP contribution is 2.34. The first kappa shape index (κ1) is 25.6. The molecule has 1 heterocycles. The van der Waals surface area contributed by atoms with E-state index in [0.717, 1.165) is 5.70 Å². The molecule has 3 aromatic rings. The minimum Gasteiger partial charge on any atom is -0.454 e. The molecule has 0 aliphatic heterocycles. The fourth-order valence-electron chi connectivity index (χ4n) is 2.53. The molecule has 12 heteroatoms. The highest BCUT2D eigenvalue weighted by atomic mass is 35.5. The van der Waals surface area contributed by atoms with E-state index >= 15 is 0 Å². The highest BCUT2D eigenvalue weighted by Gasteiger charge is 2.18. The number of benzene rings is 2. The molecule has 32 heavy (non-hydrogen) atoms. The van der Waals surface area contributed by atoms with Crippen molar-refractivity contribution in [2.45, 2.75) is 20.1 Å². The van der Waals surface area contributed by atoms with Crippen LogP contribution in [0.15, 0.2) is 55.1 Å². The van der Waals surface area contributed by atoms with E-state index in [2.05, 4.69) is 4.98 Å². The monoisotopic (exact) mass is 519 g/mol. The molecule has 0 aliphatic rings. The summed E-state index contributed by atoms with van der Waals surface area (Å²) < 4.78 is 13.8. The first-order valence-corrected chi connectivity index (χ1v) is 10.4. The first-order valence-electron chi connectivity index (χ1n) is 8.84. The summed E-state index contributed by atoms with van der Waals surface area (Å²) in [6, 6.07) is 10.2. The maximum atomic E-state index is 8.36. The number of halogens is 4. The van der Waals surface area contributed by atoms with E-state index in [1.54, 1.807) is 55.8 Å². The maximum absolute atomic E-state index is 8.36. The van der Waals surface area contributed by atoms with Crippen molar-refractivity contribution in [1.29, 1.82) is 0 Å². The molecular formula is C20H17Cl4N3O5. The van der Waals surface area contributed by atoms with Gasteiger partial charge in [-0.2, -0.15) is 0 Å². The Morgan fingerprint density at radius 3 is 2.25 bits per heavy atom. The number of hydrogen-bond donors (Lipinski definition) is 1. The van der Waals surface area contributed by atoms with Crippen LogP contribution in [0, 0.1) is 10.1 Å². The lowest BCUT2D eigenvalue weighted by molar-refractivity contribution is -0.742. The largest absolute Gasteiger partial charge is 0.454 e. The van der Waals surface area contributed by atoms with E-state index in [1.807, 2.05) is 17.7 Å². The zero-order valence-corrected chi connectivity index (χ0v) is 19.7. The van der Waals surface area contributed by atoms with Crippen LogP contribution < -0.4 is 4.74 Å². The van der Waals surface area contributed by atoms with Crippen LogP contribution in [0.1, 0.15) is 19.4 Å². The predicted octanol–water partition coefficient (Wildman–Crippen LogP) is 6.94. The van der Waals surface area contributed by atoms with Crippen LogP contribution in [-0.4, -0.2) is 26.1 Å². The molecule has 170 valence electrons. The molecule has 1 atom stereocenters. The van der Waals surface area contributed by atoms with Crippen molar-refractivity contribution in [2.24, 2.45) is 0 Å². The first-order chi connectivity index (χ1) is 15.1. The van der Waals surface area contributed by atoms with E-state index in [9.17, 15) is 0 Å². The quantitative estimate of drug-likeness (QED) is 0.163. The summed E-state index contributed by atoms with van der Waals surface area (Å²) in [5, 5.41) is 15.5. The van der Waals surface area contributed by atoms with Crippen molar-refractivity contribution in [1.82, 2.24) is 9.55 Å². The maximum Gasteiger partial charge on any atom is 0.291 e. The Labute approximate surface area is 203 Å². The van der Waals surface area contributed by atoms with Crippen LogP contribution in [0.3, 0.4) is 0 Å². The van der Waals surface area contributed by atoms with Crippen LogP contribution in [0.2, 0.25) is 20.1 Å². The van der Waals surface area contributed by atoms with Gasteiger partial charge in [-0.05, 0) is 43.3 Å². The number of nitrogens with zero attached hydrogens (tertiary/aromatic N) is 3. The van der Waals surface area contributed by atoms with E-state index in [1.165, 1.54) is 0 Å². The molecule has 0 radical (unpaired) electrons. The molecule has 0 saturated heterocycles. The molecule has 0 spiro atoms. The van der Waals surface area contributed by atoms with E-state index in [0.29, 0.717) is 37.2 Å². The summed E-state index contributed by atoms with van der Waals surface area (Å²) in [7, 11) is 0. The average molecular weight is 521 g/mol. The zero-order chi connectivity index (χ0) is 23.8. The normalized spacial score (nSPS) is 12.2. The van der Waals surface area contributed by atoms with Gasteiger partial charge in [-0.3, -0.25) is 0 Å². The van der Waals surface area contributed by atoms with Crippen LogP contribution in [0.4, 0.5) is 0 Å². The Morgan fingerprint density at radius 1 is 1.12 bits per heavy atom. The Kier molecular flexibility index (Phi) is 9.46. The molecule has 1 aromatic heterocycles. The van der Waals surface area contributed by atoms with Crippen molar-refractivity contribution in [3.63, 3.8) is 0 Å². The smallest absolute Gasteiger partial charge is 0.291 e. The SMILES string of the molecule is C/C(=C(\OC(C)Oc1ccc(Cl)cc1Cl)c1ccc(Cl)cc1Cl)n1ccnc1.O=[N+]([O-])O. The van der Waals surface area contributed by atoms with Crippen molar-refractivity contribution >= 4 is 57.9 Å². The van der Waals surface area contributed by atoms with Gasteiger partial charge in [0.25, 0.3) is 5.09 Å². The Balaban J connectivity index is 0.000000837. The average Bonchev–Trinajstić information content (AvgIpc) is 3.23. The van der Waals surface area contributed by atoms with Crippen LogP contribution in [0.25, 0.3) is 11.5 Å². The molecule has 0 fully saturated rings. The van der Waals surface area contributed by atoms with E-state index in [4.69, 9.17) is 71.2 Å². The van der Waals surface area contributed by atoms with Gasteiger partial charge in [-0.25, -0.2) is 4.98 Å². The van der Waals surface area contributed by atoms with Crippen molar-refractivity contribution in [3.8, 4) is 5.75 Å². The van der Waals surface area contributed by atoms with E-state index < -0.39 is 11.4 Å². The summed E-state index contributed by atoms with van der Waals surface area (Å²) in [4.78, 5) is 12.4. The standard InChI is InChI=1S/C20H16Cl4N2O2.HNO3/c1-12(26-8-7-25-11-26)20(16-5-3-14(21)9-17(16)23)28-13(2)27-19-6-4-15(22)10-18(19)24;2-1(3)4/h3-11,13H,1-2H3;(H,2,3,4)/b20-12+;. The fourth-order valence-corrected chi connectivity index (χ4v) is 3.48. The Bertz CT molecular complexity index is 1100. The van der Waals surface area contributed by atoms with Gasteiger partial charge in [0.05, 0.1) is 22.1 Å². The molecule has 8 nitrogen and oxygen atoms in total. The van der Waals surface area contributed by atoms with E-state index in [-0.39, 0.29) is 0 Å². The zero-order valence-electron chi connectivity index (χ0n) is 16.7. The second-order valence-electron chi connectivity index (χ2n) is 6.12. The molecule has 2 aromatic carbocycles. The number of ether oxygens (including phenoxy) is 2. The summed E-state index contributed by atoms with van der Waals surface area (Å²) in [6.07, 6.45) is 4.49. The molecule has 0 amide bonds. The Morgan fingerprint density at radius 2 is 1.72 bits per heavy atom. The number of aromatic nitrogens is 2. The third-order valence-electron chi connectivity index (χ3n) is 3.87. The third-order valence-corrected chi connectivity index (χ3v) is 4.95. The van der Waals surface area contributed by atoms with Crippen molar-refractivity contribution in [3.05, 3.63) is 90.9 Å².